The maximum Gasteiger partial charge on any atom is 0.303 e. The van der Waals surface area contributed by atoms with E-state index >= 15 is 0 Å². The van der Waals surface area contributed by atoms with E-state index in [1.807, 2.05) is 31.2 Å². The summed E-state index contributed by atoms with van der Waals surface area (Å²) in [6.45, 7) is 3.13. The minimum atomic E-state index is -0.805. The molecule has 1 N–H and O–H groups in total. The lowest BCUT2D eigenvalue weighted by molar-refractivity contribution is -0.138. The van der Waals surface area contributed by atoms with Crippen molar-refractivity contribution >= 4 is 11.9 Å². The van der Waals surface area contributed by atoms with Gasteiger partial charge in [-0.3, -0.25) is 9.59 Å². The third-order valence-corrected chi connectivity index (χ3v) is 3.49. The number of hydrogen-bond acceptors (Lipinski definition) is 3. The van der Waals surface area contributed by atoms with Gasteiger partial charge in [0.15, 0.2) is 6.61 Å². The molecule has 0 radical (unpaired) electrons. The topological polar surface area (TPSA) is 66.8 Å². The lowest BCUT2D eigenvalue weighted by atomic mass is 10.1. The number of rotatable bonds is 5. The largest absolute Gasteiger partial charge is 0.484 e. The summed E-state index contributed by atoms with van der Waals surface area (Å²) in [7, 11) is 0. The van der Waals surface area contributed by atoms with Crippen LogP contribution < -0.4 is 4.74 Å². The predicted octanol–water partition coefficient (Wildman–Crippen LogP) is 1.70. The van der Waals surface area contributed by atoms with Gasteiger partial charge in [0.25, 0.3) is 5.91 Å². The highest BCUT2D eigenvalue weighted by Gasteiger charge is 2.27. The van der Waals surface area contributed by atoms with Gasteiger partial charge >= 0.3 is 5.97 Å². The molecule has 2 rings (SSSR count). The van der Waals surface area contributed by atoms with Crippen molar-refractivity contribution in [3.63, 3.8) is 0 Å². The second-order valence-corrected chi connectivity index (χ2v) is 5.19. The Kier molecular flexibility index (Phi) is 4.61. The number of amides is 1. The van der Waals surface area contributed by atoms with E-state index in [9.17, 15) is 9.59 Å². The number of carboxylic acids is 1. The van der Waals surface area contributed by atoms with Crippen LogP contribution in [-0.4, -0.2) is 41.6 Å². The van der Waals surface area contributed by atoms with Gasteiger partial charge in [0.2, 0.25) is 0 Å². The number of carbonyl (C=O) groups is 2. The smallest absolute Gasteiger partial charge is 0.303 e. The molecule has 0 spiro atoms. The molecule has 0 aliphatic carbocycles. The van der Waals surface area contributed by atoms with E-state index in [2.05, 4.69) is 0 Å². The summed E-state index contributed by atoms with van der Waals surface area (Å²) in [4.78, 5) is 24.3. The zero-order chi connectivity index (χ0) is 14.5. The highest BCUT2D eigenvalue weighted by atomic mass is 16.5. The summed E-state index contributed by atoms with van der Waals surface area (Å²) in [6.07, 6.45) is 0.880. The number of likely N-dealkylation sites (tertiary alicyclic amines) is 1. The average Bonchev–Trinajstić information content (AvgIpc) is 2.85. The molecule has 1 heterocycles. The SMILES string of the molecule is Cc1ccc(OCC(=O)N2CCC(CC(=O)O)C2)cc1. The second-order valence-electron chi connectivity index (χ2n) is 5.19. The molecule has 1 aromatic carbocycles. The van der Waals surface area contributed by atoms with E-state index in [1.165, 1.54) is 0 Å². The Hall–Kier alpha value is -2.04. The molecule has 5 heteroatoms. The van der Waals surface area contributed by atoms with Crippen molar-refractivity contribution in [1.82, 2.24) is 4.90 Å². The van der Waals surface area contributed by atoms with Crippen LogP contribution in [0.5, 0.6) is 5.75 Å². The molecule has 0 aromatic heterocycles. The molecule has 0 saturated carbocycles. The molecule has 1 unspecified atom stereocenters. The van der Waals surface area contributed by atoms with Crippen molar-refractivity contribution in [1.29, 1.82) is 0 Å². The molecule has 1 aliphatic rings. The highest BCUT2D eigenvalue weighted by molar-refractivity contribution is 5.78. The first-order chi connectivity index (χ1) is 9.54. The Labute approximate surface area is 118 Å². The van der Waals surface area contributed by atoms with Gasteiger partial charge in [0.05, 0.1) is 0 Å². The Morgan fingerprint density at radius 3 is 2.70 bits per heavy atom. The Morgan fingerprint density at radius 1 is 1.35 bits per heavy atom. The molecule has 20 heavy (non-hydrogen) atoms. The molecule has 0 bridgehead atoms. The Morgan fingerprint density at radius 2 is 2.05 bits per heavy atom. The summed E-state index contributed by atoms with van der Waals surface area (Å²) < 4.78 is 5.44. The van der Waals surface area contributed by atoms with E-state index < -0.39 is 5.97 Å². The molecular weight excluding hydrogens is 258 g/mol. The predicted molar refractivity (Wildman–Crippen MR) is 73.6 cm³/mol. The fourth-order valence-electron chi connectivity index (χ4n) is 2.34. The summed E-state index contributed by atoms with van der Waals surface area (Å²) in [5.74, 6) is -0.153. The van der Waals surface area contributed by atoms with Gasteiger partial charge in [0.1, 0.15) is 5.75 Å². The minimum Gasteiger partial charge on any atom is -0.484 e. The number of carbonyl (C=O) groups excluding carboxylic acids is 1. The monoisotopic (exact) mass is 277 g/mol. The number of benzene rings is 1. The maximum absolute atomic E-state index is 12.0. The molecule has 1 amide bonds. The zero-order valence-electron chi connectivity index (χ0n) is 11.5. The van der Waals surface area contributed by atoms with Gasteiger partial charge in [0, 0.05) is 19.5 Å². The minimum absolute atomic E-state index is 0.00283. The summed E-state index contributed by atoms with van der Waals surface area (Å²) >= 11 is 0. The van der Waals surface area contributed by atoms with Crippen LogP contribution in [0.15, 0.2) is 24.3 Å². The van der Waals surface area contributed by atoms with Gasteiger partial charge < -0.3 is 14.7 Å². The van der Waals surface area contributed by atoms with Crippen LogP contribution in [0.3, 0.4) is 0 Å². The third-order valence-electron chi connectivity index (χ3n) is 3.49. The van der Waals surface area contributed by atoms with Crippen molar-refractivity contribution in [3.8, 4) is 5.75 Å². The maximum atomic E-state index is 12.0. The quantitative estimate of drug-likeness (QED) is 0.889. The van der Waals surface area contributed by atoms with Crippen LogP contribution in [0.1, 0.15) is 18.4 Å². The fraction of sp³-hybridized carbons (Fsp3) is 0.467. The number of carboxylic acid groups (broad SMARTS) is 1. The van der Waals surface area contributed by atoms with Crippen molar-refractivity contribution < 1.29 is 19.4 Å². The second kappa shape index (κ2) is 6.41. The normalized spacial score (nSPS) is 18.1. The van der Waals surface area contributed by atoms with Crippen molar-refractivity contribution in [2.75, 3.05) is 19.7 Å². The molecule has 1 aliphatic heterocycles. The number of hydrogen-bond donors (Lipinski definition) is 1. The van der Waals surface area contributed by atoms with Gasteiger partial charge in [-0.15, -0.1) is 0 Å². The fourth-order valence-corrected chi connectivity index (χ4v) is 2.34. The number of nitrogens with zero attached hydrogens (tertiary/aromatic N) is 1. The van der Waals surface area contributed by atoms with Crippen molar-refractivity contribution in [2.24, 2.45) is 5.92 Å². The molecule has 1 saturated heterocycles. The third kappa shape index (κ3) is 3.98. The van der Waals surface area contributed by atoms with Crippen LogP contribution in [0.2, 0.25) is 0 Å². The van der Waals surface area contributed by atoms with Crippen LogP contribution in [0.4, 0.5) is 0 Å². The standard InChI is InChI=1S/C15H19NO4/c1-11-2-4-13(5-3-11)20-10-14(17)16-7-6-12(9-16)8-15(18)19/h2-5,12H,6-10H2,1H3,(H,18,19). The summed E-state index contributed by atoms with van der Waals surface area (Å²) in [5.41, 5.74) is 1.14. The molecular formula is C15H19NO4. The van der Waals surface area contributed by atoms with Crippen molar-refractivity contribution in [3.05, 3.63) is 29.8 Å². The zero-order valence-corrected chi connectivity index (χ0v) is 11.5. The van der Waals surface area contributed by atoms with E-state index in [4.69, 9.17) is 9.84 Å². The van der Waals surface area contributed by atoms with Crippen LogP contribution in [0.25, 0.3) is 0 Å². The first-order valence-corrected chi connectivity index (χ1v) is 6.73. The van der Waals surface area contributed by atoms with Gasteiger partial charge in [-0.1, -0.05) is 17.7 Å². The first-order valence-electron chi connectivity index (χ1n) is 6.73. The number of aryl methyl sites for hydroxylation is 1. The van der Waals surface area contributed by atoms with Gasteiger partial charge in [-0.05, 0) is 31.4 Å². The molecule has 5 nitrogen and oxygen atoms in total. The highest BCUT2D eigenvalue weighted by Crippen LogP contribution is 2.20. The molecule has 1 aromatic rings. The van der Waals surface area contributed by atoms with Gasteiger partial charge in [-0.25, -0.2) is 0 Å². The van der Waals surface area contributed by atoms with Gasteiger partial charge in [-0.2, -0.15) is 0 Å². The molecule has 108 valence electrons. The molecule has 1 atom stereocenters. The van der Waals surface area contributed by atoms with Crippen LogP contribution in [-0.2, 0) is 9.59 Å². The summed E-state index contributed by atoms with van der Waals surface area (Å²) in [6, 6.07) is 7.52. The lowest BCUT2D eigenvalue weighted by Gasteiger charge is -2.16. The molecule has 1 fully saturated rings. The van der Waals surface area contributed by atoms with E-state index in [0.29, 0.717) is 18.8 Å². The Bertz CT molecular complexity index is 483. The lowest BCUT2D eigenvalue weighted by Crippen LogP contribution is -2.33. The van der Waals surface area contributed by atoms with E-state index in [0.717, 1.165) is 12.0 Å². The van der Waals surface area contributed by atoms with E-state index in [1.54, 1.807) is 4.90 Å². The van der Waals surface area contributed by atoms with Crippen LogP contribution in [0, 0.1) is 12.8 Å². The van der Waals surface area contributed by atoms with E-state index in [-0.39, 0.29) is 24.9 Å². The number of ether oxygens (including phenoxy) is 1. The Balaban J connectivity index is 1.78. The first kappa shape index (κ1) is 14.4. The van der Waals surface area contributed by atoms with Crippen LogP contribution >= 0.6 is 0 Å². The summed E-state index contributed by atoms with van der Waals surface area (Å²) in [5, 5.41) is 8.75. The van der Waals surface area contributed by atoms with Crippen molar-refractivity contribution in [2.45, 2.75) is 19.8 Å². The number of aliphatic carboxylic acids is 1. The average molecular weight is 277 g/mol.